The van der Waals surface area contributed by atoms with Crippen LogP contribution in [0.2, 0.25) is 0 Å². The second-order valence-corrected chi connectivity index (χ2v) is 8.98. The smallest absolute Gasteiger partial charge is 0.281 e. The summed E-state index contributed by atoms with van der Waals surface area (Å²) in [6.07, 6.45) is 2.68. The maximum atomic E-state index is 14.0. The average molecular weight is 493 g/mol. The Morgan fingerprint density at radius 2 is 1.94 bits per heavy atom. The third-order valence-electron chi connectivity index (χ3n) is 5.41. The molecule has 7 nitrogen and oxygen atoms in total. The first-order valence-corrected chi connectivity index (χ1v) is 11.5. The molecule has 0 fully saturated rings. The van der Waals surface area contributed by atoms with E-state index in [4.69, 9.17) is 4.42 Å². The molecule has 5 aromatic rings. The number of oxazole rings is 1. The van der Waals surface area contributed by atoms with Gasteiger partial charge in [-0.15, -0.1) is 11.3 Å². The van der Waals surface area contributed by atoms with Crippen LogP contribution in [0.25, 0.3) is 32.7 Å². The van der Waals surface area contributed by atoms with E-state index < -0.39 is 17.5 Å². The summed E-state index contributed by atoms with van der Waals surface area (Å²) in [7, 11) is 0. The maximum absolute atomic E-state index is 14.0. The number of benzene rings is 2. The van der Waals surface area contributed by atoms with Gasteiger partial charge in [-0.25, -0.2) is 23.4 Å². The van der Waals surface area contributed by atoms with Crippen LogP contribution < -0.4 is 11.0 Å². The van der Waals surface area contributed by atoms with Crippen LogP contribution in [0.4, 0.5) is 8.78 Å². The van der Waals surface area contributed by atoms with Crippen molar-refractivity contribution in [2.24, 2.45) is 0 Å². The van der Waals surface area contributed by atoms with E-state index in [-0.39, 0.29) is 35.6 Å². The van der Waals surface area contributed by atoms with Crippen LogP contribution in [0.5, 0.6) is 0 Å². The van der Waals surface area contributed by atoms with Gasteiger partial charge in [-0.3, -0.25) is 15.0 Å². The number of nitrogens with one attached hydrogen (secondary N) is 1. The number of aromatic nitrogens is 3. The first-order valence-electron chi connectivity index (χ1n) is 10.7. The SMILES string of the molecule is Cc1sc2ncn(NC(=O)CCc3ncc(-c4ccc(F)cc4F)o3)c(=O)c2c1-c1ccccc1. The molecule has 0 bridgehead atoms. The highest BCUT2D eigenvalue weighted by Gasteiger charge is 2.18. The van der Waals surface area contributed by atoms with Crippen LogP contribution in [0.15, 0.2) is 70.3 Å². The van der Waals surface area contributed by atoms with E-state index in [1.165, 1.54) is 29.9 Å². The summed E-state index contributed by atoms with van der Waals surface area (Å²) in [5.74, 6) is -1.58. The van der Waals surface area contributed by atoms with Crippen molar-refractivity contribution in [3.8, 4) is 22.5 Å². The minimum atomic E-state index is -0.772. The Morgan fingerprint density at radius 1 is 1.14 bits per heavy atom. The molecule has 1 amide bonds. The van der Waals surface area contributed by atoms with Gasteiger partial charge in [-0.1, -0.05) is 30.3 Å². The van der Waals surface area contributed by atoms with Crippen LogP contribution in [0.1, 0.15) is 17.2 Å². The van der Waals surface area contributed by atoms with Crippen LogP contribution in [-0.4, -0.2) is 20.6 Å². The van der Waals surface area contributed by atoms with Gasteiger partial charge in [0, 0.05) is 29.3 Å². The number of rotatable bonds is 6. The van der Waals surface area contributed by atoms with E-state index in [2.05, 4.69) is 15.4 Å². The number of thiophene rings is 1. The number of nitrogens with zero attached hydrogens (tertiary/aromatic N) is 3. The zero-order valence-corrected chi connectivity index (χ0v) is 19.2. The topological polar surface area (TPSA) is 90.0 Å². The van der Waals surface area contributed by atoms with Gasteiger partial charge in [0.25, 0.3) is 5.56 Å². The summed E-state index contributed by atoms with van der Waals surface area (Å²) >= 11 is 1.42. The molecule has 0 aliphatic rings. The van der Waals surface area contributed by atoms with Gasteiger partial charge in [0.15, 0.2) is 11.7 Å². The number of carbonyl (C=O) groups excluding carboxylic acids is 1. The van der Waals surface area contributed by atoms with Gasteiger partial charge in [-0.2, -0.15) is 0 Å². The van der Waals surface area contributed by atoms with Gasteiger partial charge in [0.1, 0.15) is 22.8 Å². The normalized spacial score (nSPS) is 11.2. The molecule has 35 heavy (non-hydrogen) atoms. The standard InChI is InChI=1S/C25H18F2N4O3S/c1-14-22(15-5-3-2-4-6-15)23-24(35-14)29-13-31(25(23)33)30-20(32)9-10-21-28-12-19(34-21)17-8-7-16(26)11-18(17)27/h2-8,11-13H,9-10H2,1H3,(H,30,32). The molecular formula is C25H18F2N4O3S. The van der Waals surface area contributed by atoms with Crippen molar-refractivity contribution in [2.75, 3.05) is 5.43 Å². The second-order valence-electron chi connectivity index (χ2n) is 7.78. The van der Waals surface area contributed by atoms with Gasteiger partial charge in [0.2, 0.25) is 5.91 Å². The fourth-order valence-electron chi connectivity index (χ4n) is 3.78. The van der Waals surface area contributed by atoms with E-state index >= 15 is 0 Å². The van der Waals surface area contributed by atoms with Crippen molar-refractivity contribution < 1.29 is 18.0 Å². The zero-order chi connectivity index (χ0) is 24.5. The van der Waals surface area contributed by atoms with E-state index in [1.54, 1.807) is 0 Å². The molecule has 0 spiro atoms. The largest absolute Gasteiger partial charge is 0.441 e. The third-order valence-corrected chi connectivity index (χ3v) is 6.43. The van der Waals surface area contributed by atoms with Crippen molar-refractivity contribution >= 4 is 27.5 Å². The maximum Gasteiger partial charge on any atom is 0.281 e. The Hall–Kier alpha value is -4.18. The van der Waals surface area contributed by atoms with Gasteiger partial charge in [0.05, 0.1) is 17.1 Å². The molecule has 0 atom stereocenters. The van der Waals surface area contributed by atoms with Crippen molar-refractivity contribution in [1.82, 2.24) is 14.6 Å². The molecule has 5 rings (SSSR count). The molecular weight excluding hydrogens is 474 g/mol. The molecule has 10 heteroatoms. The average Bonchev–Trinajstić information content (AvgIpc) is 3.44. The Bertz CT molecular complexity index is 1610. The highest BCUT2D eigenvalue weighted by atomic mass is 32.1. The zero-order valence-electron chi connectivity index (χ0n) is 18.4. The molecule has 0 saturated carbocycles. The van der Waals surface area contributed by atoms with Gasteiger partial charge < -0.3 is 4.42 Å². The summed E-state index contributed by atoms with van der Waals surface area (Å²) in [6.45, 7) is 1.93. The first kappa shape index (κ1) is 22.6. The molecule has 0 aliphatic carbocycles. The minimum absolute atomic E-state index is 0.0372. The number of amides is 1. The molecule has 0 unspecified atom stereocenters. The first-order chi connectivity index (χ1) is 16.9. The Balaban J connectivity index is 1.32. The lowest BCUT2D eigenvalue weighted by Crippen LogP contribution is -2.33. The van der Waals surface area contributed by atoms with Gasteiger partial charge in [-0.05, 0) is 24.6 Å². The predicted octanol–water partition coefficient (Wildman–Crippen LogP) is 5.07. The van der Waals surface area contributed by atoms with Gasteiger partial charge >= 0.3 is 0 Å². The van der Waals surface area contributed by atoms with Crippen LogP contribution in [-0.2, 0) is 11.2 Å². The summed E-state index contributed by atoms with van der Waals surface area (Å²) in [4.78, 5) is 35.7. The highest BCUT2D eigenvalue weighted by Crippen LogP contribution is 2.35. The van der Waals surface area contributed by atoms with Crippen molar-refractivity contribution in [3.05, 3.63) is 93.8 Å². The van der Waals surface area contributed by atoms with Crippen molar-refractivity contribution in [2.45, 2.75) is 19.8 Å². The quantitative estimate of drug-likeness (QED) is 0.358. The lowest BCUT2D eigenvalue weighted by Gasteiger charge is -2.08. The van der Waals surface area contributed by atoms with Crippen LogP contribution in [0, 0.1) is 18.6 Å². The summed E-state index contributed by atoms with van der Waals surface area (Å²) in [5, 5.41) is 0.445. The second kappa shape index (κ2) is 9.22. The van der Waals surface area contributed by atoms with E-state index in [9.17, 15) is 18.4 Å². The minimum Gasteiger partial charge on any atom is -0.441 e. The van der Waals surface area contributed by atoms with Crippen molar-refractivity contribution in [3.63, 3.8) is 0 Å². The van der Waals surface area contributed by atoms with Crippen molar-refractivity contribution in [1.29, 1.82) is 0 Å². The number of hydrogen-bond acceptors (Lipinski definition) is 6. The summed E-state index contributed by atoms with van der Waals surface area (Å²) < 4.78 is 33.7. The molecule has 2 aromatic carbocycles. The van der Waals surface area contributed by atoms with Crippen LogP contribution >= 0.6 is 11.3 Å². The molecule has 0 saturated heterocycles. The third kappa shape index (κ3) is 4.47. The molecule has 3 aromatic heterocycles. The lowest BCUT2D eigenvalue weighted by atomic mass is 10.0. The fraction of sp³-hybridized carbons (Fsp3) is 0.120. The lowest BCUT2D eigenvalue weighted by molar-refractivity contribution is -0.117. The Morgan fingerprint density at radius 3 is 2.71 bits per heavy atom. The number of hydrogen-bond donors (Lipinski definition) is 1. The number of fused-ring (bicyclic) bond motifs is 1. The molecule has 0 radical (unpaired) electrons. The number of halogens is 2. The van der Waals surface area contributed by atoms with E-state index in [0.29, 0.717) is 10.2 Å². The predicted molar refractivity (Wildman–Crippen MR) is 129 cm³/mol. The molecule has 176 valence electrons. The summed E-state index contributed by atoms with van der Waals surface area (Å²) in [5.41, 5.74) is 3.94. The van der Waals surface area contributed by atoms with E-state index in [1.807, 2.05) is 37.3 Å². The fourth-order valence-corrected chi connectivity index (χ4v) is 4.79. The summed E-state index contributed by atoms with van der Waals surface area (Å²) in [6, 6.07) is 12.7. The van der Waals surface area contributed by atoms with E-state index in [0.717, 1.165) is 32.8 Å². The molecule has 3 heterocycles. The van der Waals surface area contributed by atoms with Crippen LogP contribution in [0.3, 0.4) is 0 Å². The number of aryl methyl sites for hydroxylation is 2. The highest BCUT2D eigenvalue weighted by molar-refractivity contribution is 7.19. The molecule has 0 aliphatic heterocycles. The molecule has 1 N–H and O–H groups in total. The Kier molecular flexibility index (Phi) is 5.96. The Labute approximate surface area is 201 Å². The monoisotopic (exact) mass is 492 g/mol. The number of carbonyl (C=O) groups is 1.